The largest absolute Gasteiger partial charge is 0.496 e. The second-order valence-electron chi connectivity index (χ2n) is 7.30. The highest BCUT2D eigenvalue weighted by atomic mass is 35.5. The number of amides is 1. The summed E-state index contributed by atoms with van der Waals surface area (Å²) in [7, 11) is 1.55. The molecule has 6 nitrogen and oxygen atoms in total. The number of nitrogens with one attached hydrogen (secondary N) is 1. The first kappa shape index (κ1) is 24.3. The zero-order chi connectivity index (χ0) is 24.1. The molecule has 0 aliphatic heterocycles. The van der Waals surface area contributed by atoms with Gasteiger partial charge in [0.2, 0.25) is 0 Å². The number of ketones is 1. The topological polar surface area (TPSA) is 92.7 Å². The van der Waals surface area contributed by atoms with E-state index in [0.717, 1.165) is 5.56 Å². The lowest BCUT2D eigenvalue weighted by Gasteiger charge is -2.17. The minimum Gasteiger partial charge on any atom is -0.496 e. The number of carboxylic acid groups (broad SMARTS) is 1. The molecule has 0 saturated heterocycles. The van der Waals surface area contributed by atoms with Gasteiger partial charge in [-0.25, -0.2) is 4.79 Å². The number of methoxy groups -OCH3 is 1. The Morgan fingerprint density at radius 3 is 2.24 bits per heavy atom. The van der Waals surface area contributed by atoms with E-state index in [4.69, 9.17) is 27.9 Å². The third kappa shape index (κ3) is 5.53. The van der Waals surface area contributed by atoms with E-state index in [2.05, 4.69) is 5.32 Å². The number of aliphatic carboxylic acids is 1. The Bertz CT molecular complexity index is 1200. The van der Waals surface area contributed by atoms with E-state index in [9.17, 15) is 19.5 Å². The lowest BCUT2D eigenvalue weighted by atomic mass is 9.93. The second-order valence-corrected chi connectivity index (χ2v) is 8.12. The summed E-state index contributed by atoms with van der Waals surface area (Å²) in [4.78, 5) is 36.9. The average Bonchev–Trinajstić information content (AvgIpc) is 2.78. The molecule has 3 rings (SSSR count). The van der Waals surface area contributed by atoms with Crippen LogP contribution in [0.4, 0.5) is 0 Å². The molecule has 0 aliphatic rings. The molecule has 170 valence electrons. The van der Waals surface area contributed by atoms with Crippen LogP contribution in [0.15, 0.2) is 60.7 Å². The summed E-state index contributed by atoms with van der Waals surface area (Å²) in [6.07, 6.45) is -0.0460. The predicted octanol–water partition coefficient (Wildman–Crippen LogP) is 5.30. The predicted molar refractivity (Wildman–Crippen MR) is 127 cm³/mol. The smallest absolute Gasteiger partial charge is 0.326 e. The van der Waals surface area contributed by atoms with Crippen LogP contribution in [0, 0.1) is 0 Å². The molecular weight excluding hydrogens is 465 g/mol. The number of rotatable bonds is 8. The molecule has 0 bridgehead atoms. The summed E-state index contributed by atoms with van der Waals surface area (Å²) in [5.41, 5.74) is 2.40. The van der Waals surface area contributed by atoms with E-state index in [-0.39, 0.29) is 27.8 Å². The first-order chi connectivity index (χ1) is 15.7. The van der Waals surface area contributed by atoms with Crippen molar-refractivity contribution in [1.82, 2.24) is 5.32 Å². The van der Waals surface area contributed by atoms with Gasteiger partial charge in [0.15, 0.2) is 5.78 Å². The van der Waals surface area contributed by atoms with Crippen LogP contribution in [-0.2, 0) is 11.2 Å². The number of carboxylic acids is 1. The lowest BCUT2D eigenvalue weighted by molar-refractivity contribution is -0.139. The minimum atomic E-state index is -1.26. The van der Waals surface area contributed by atoms with E-state index in [1.54, 1.807) is 37.4 Å². The highest BCUT2D eigenvalue weighted by Crippen LogP contribution is 2.33. The molecule has 1 atom stereocenters. The Hall–Kier alpha value is -3.35. The number of halogens is 2. The lowest BCUT2D eigenvalue weighted by Crippen LogP contribution is -2.42. The van der Waals surface area contributed by atoms with Crippen LogP contribution in [0.1, 0.15) is 33.2 Å². The van der Waals surface area contributed by atoms with E-state index in [1.807, 2.05) is 18.2 Å². The van der Waals surface area contributed by atoms with E-state index >= 15 is 0 Å². The van der Waals surface area contributed by atoms with Crippen molar-refractivity contribution >= 4 is 40.9 Å². The average molecular weight is 486 g/mol. The third-order valence-corrected chi connectivity index (χ3v) is 5.72. The van der Waals surface area contributed by atoms with Crippen LogP contribution < -0.4 is 10.1 Å². The van der Waals surface area contributed by atoms with Gasteiger partial charge in [0.1, 0.15) is 11.8 Å². The molecule has 3 aromatic carbocycles. The van der Waals surface area contributed by atoms with Crippen LogP contribution >= 0.6 is 23.2 Å². The highest BCUT2D eigenvalue weighted by Gasteiger charge is 2.24. The van der Waals surface area contributed by atoms with Gasteiger partial charge < -0.3 is 15.2 Å². The van der Waals surface area contributed by atoms with Gasteiger partial charge in [-0.3, -0.25) is 9.59 Å². The number of benzene rings is 3. The molecule has 0 aromatic heterocycles. The monoisotopic (exact) mass is 485 g/mol. The Morgan fingerprint density at radius 2 is 1.64 bits per heavy atom. The molecule has 0 spiro atoms. The van der Waals surface area contributed by atoms with Gasteiger partial charge in [0.05, 0.1) is 22.7 Å². The maximum absolute atomic E-state index is 12.7. The maximum Gasteiger partial charge on any atom is 0.326 e. The number of para-hydroxylation sites is 1. The van der Waals surface area contributed by atoms with Gasteiger partial charge in [0, 0.05) is 17.5 Å². The van der Waals surface area contributed by atoms with Crippen molar-refractivity contribution in [2.24, 2.45) is 0 Å². The molecule has 0 heterocycles. The fourth-order valence-electron chi connectivity index (χ4n) is 3.49. The van der Waals surface area contributed by atoms with Crippen molar-refractivity contribution in [3.8, 4) is 16.9 Å². The van der Waals surface area contributed by atoms with Crippen molar-refractivity contribution in [3.05, 3.63) is 87.4 Å². The van der Waals surface area contributed by atoms with Crippen molar-refractivity contribution in [3.63, 3.8) is 0 Å². The van der Waals surface area contributed by atoms with Crippen LogP contribution in [-0.4, -0.2) is 35.9 Å². The highest BCUT2D eigenvalue weighted by molar-refractivity contribution is 6.39. The zero-order valence-electron chi connectivity index (χ0n) is 17.9. The van der Waals surface area contributed by atoms with Gasteiger partial charge in [-0.1, -0.05) is 59.6 Å². The summed E-state index contributed by atoms with van der Waals surface area (Å²) in [5, 5.41) is 12.4. The number of carbonyl (C=O) groups is 3. The molecule has 0 aliphatic carbocycles. The van der Waals surface area contributed by atoms with Gasteiger partial charge >= 0.3 is 5.97 Å². The van der Waals surface area contributed by atoms with Crippen LogP contribution in [0.2, 0.25) is 10.0 Å². The SMILES string of the molecule is COc1ccccc1-c1ccc(C[C@H](NC(=O)c2c(Cl)cccc2Cl)C(=O)O)cc1C(C)=O. The fourth-order valence-corrected chi connectivity index (χ4v) is 4.06. The van der Waals surface area contributed by atoms with Gasteiger partial charge in [0.25, 0.3) is 5.91 Å². The first-order valence-electron chi connectivity index (χ1n) is 9.97. The normalized spacial score (nSPS) is 11.5. The van der Waals surface area contributed by atoms with Crippen LogP contribution in [0.25, 0.3) is 11.1 Å². The van der Waals surface area contributed by atoms with Crippen molar-refractivity contribution in [1.29, 1.82) is 0 Å². The van der Waals surface area contributed by atoms with Gasteiger partial charge in [-0.2, -0.15) is 0 Å². The van der Waals surface area contributed by atoms with E-state index in [1.165, 1.54) is 19.1 Å². The number of hydrogen-bond acceptors (Lipinski definition) is 4. The van der Waals surface area contributed by atoms with Crippen molar-refractivity contribution in [2.45, 2.75) is 19.4 Å². The fraction of sp³-hybridized carbons (Fsp3) is 0.160. The standard InChI is InChI=1S/C25H21Cl2NO5/c1-14(29)18-12-15(10-11-16(18)17-6-3-4-9-22(17)33-2)13-21(25(31)32)28-24(30)23-19(26)7-5-8-20(23)27/h3-12,21H,13H2,1-2H3,(H,28,30)(H,31,32)/t21-/m0/s1. The molecule has 2 N–H and O–H groups in total. The summed E-state index contributed by atoms with van der Waals surface area (Å²) in [6.45, 7) is 1.44. The minimum absolute atomic E-state index is 0.00280. The summed E-state index contributed by atoms with van der Waals surface area (Å²) >= 11 is 12.1. The summed E-state index contributed by atoms with van der Waals surface area (Å²) in [5.74, 6) is -1.50. The molecule has 0 unspecified atom stereocenters. The number of Topliss-reactive ketones (excluding diaryl/α,β-unsaturated/α-hetero) is 1. The maximum atomic E-state index is 12.7. The molecule has 0 radical (unpaired) electrons. The second kappa shape index (κ2) is 10.5. The Morgan fingerprint density at radius 1 is 0.970 bits per heavy atom. The van der Waals surface area contributed by atoms with Gasteiger partial charge in [-0.05, 0) is 42.3 Å². The van der Waals surface area contributed by atoms with Crippen LogP contribution in [0.3, 0.4) is 0 Å². The Labute approximate surface area is 201 Å². The molecule has 3 aromatic rings. The molecule has 33 heavy (non-hydrogen) atoms. The summed E-state index contributed by atoms with van der Waals surface area (Å²) in [6, 6.07) is 15.7. The first-order valence-corrected chi connectivity index (χ1v) is 10.7. The van der Waals surface area contributed by atoms with Crippen molar-refractivity contribution < 1.29 is 24.2 Å². The molecular formula is C25H21Cl2NO5. The van der Waals surface area contributed by atoms with E-state index in [0.29, 0.717) is 22.4 Å². The molecule has 1 amide bonds. The van der Waals surface area contributed by atoms with Crippen LogP contribution in [0.5, 0.6) is 5.75 Å². The Balaban J connectivity index is 1.92. The Kier molecular flexibility index (Phi) is 7.74. The number of ether oxygens (including phenoxy) is 1. The third-order valence-electron chi connectivity index (χ3n) is 5.09. The zero-order valence-corrected chi connectivity index (χ0v) is 19.4. The molecule has 0 saturated carbocycles. The van der Waals surface area contributed by atoms with E-state index < -0.39 is 17.9 Å². The van der Waals surface area contributed by atoms with Gasteiger partial charge in [-0.15, -0.1) is 0 Å². The van der Waals surface area contributed by atoms with Crippen molar-refractivity contribution in [2.75, 3.05) is 7.11 Å². The number of carbonyl (C=O) groups excluding carboxylic acids is 2. The molecule has 0 fully saturated rings. The quantitative estimate of drug-likeness (QED) is 0.422. The number of hydrogen-bond donors (Lipinski definition) is 2. The molecule has 8 heteroatoms. The summed E-state index contributed by atoms with van der Waals surface area (Å²) < 4.78 is 5.41.